The van der Waals surface area contributed by atoms with E-state index in [-0.39, 0.29) is 0 Å². The van der Waals surface area contributed by atoms with Crippen LogP contribution in [0.15, 0.2) is 36.5 Å². The number of benzene rings is 1. The molecule has 0 spiro atoms. The molecule has 0 saturated carbocycles. The summed E-state index contributed by atoms with van der Waals surface area (Å²) in [6, 6.07) is 10.5. The van der Waals surface area contributed by atoms with Crippen LogP contribution in [0.2, 0.25) is 0 Å². The molecule has 2 aromatic heterocycles. The predicted octanol–water partition coefficient (Wildman–Crippen LogP) is 3.38. The van der Waals surface area contributed by atoms with Gasteiger partial charge in [0, 0.05) is 42.5 Å². The van der Waals surface area contributed by atoms with Crippen molar-refractivity contribution in [2.24, 2.45) is 0 Å². The van der Waals surface area contributed by atoms with Crippen molar-refractivity contribution in [2.45, 2.75) is 32.1 Å². The lowest BCUT2D eigenvalue weighted by molar-refractivity contribution is 0.0358. The molecule has 0 unspecified atom stereocenters. The number of hydrogen-bond donors (Lipinski definition) is 0. The zero-order chi connectivity index (χ0) is 19.5. The van der Waals surface area contributed by atoms with E-state index in [4.69, 9.17) is 14.5 Å². The summed E-state index contributed by atoms with van der Waals surface area (Å²) >= 11 is 0. The van der Waals surface area contributed by atoms with Crippen LogP contribution >= 0.6 is 0 Å². The summed E-state index contributed by atoms with van der Waals surface area (Å²) in [6.07, 6.45) is 7.46. The van der Waals surface area contributed by atoms with Gasteiger partial charge < -0.3 is 9.47 Å². The normalized spacial score (nSPS) is 17.4. The van der Waals surface area contributed by atoms with E-state index in [2.05, 4.69) is 34.3 Å². The Morgan fingerprint density at radius 1 is 1.00 bits per heavy atom. The van der Waals surface area contributed by atoms with Crippen LogP contribution in [0.4, 0.5) is 0 Å². The summed E-state index contributed by atoms with van der Waals surface area (Å²) in [6.45, 7) is 5.58. The molecule has 1 aromatic carbocycles. The van der Waals surface area contributed by atoms with Crippen LogP contribution in [0.25, 0.3) is 16.9 Å². The fourth-order valence-corrected chi connectivity index (χ4v) is 4.40. The van der Waals surface area contributed by atoms with Crippen molar-refractivity contribution in [3.05, 3.63) is 47.8 Å². The average Bonchev–Trinajstić information content (AvgIpc) is 3.24. The average molecular weight is 393 g/mol. The maximum absolute atomic E-state index is 5.98. The number of ether oxygens (including phenoxy) is 2. The predicted molar refractivity (Wildman–Crippen MR) is 112 cm³/mol. The molecule has 3 heterocycles. The van der Waals surface area contributed by atoms with Gasteiger partial charge in [-0.25, -0.2) is 9.50 Å². The molecule has 0 bridgehead atoms. The van der Waals surface area contributed by atoms with E-state index >= 15 is 0 Å². The van der Waals surface area contributed by atoms with E-state index in [0.29, 0.717) is 0 Å². The quantitative estimate of drug-likeness (QED) is 0.602. The molecule has 0 amide bonds. The molecule has 0 N–H and O–H groups in total. The Morgan fingerprint density at radius 3 is 2.69 bits per heavy atom. The molecule has 152 valence electrons. The number of aryl methyl sites for hydroxylation is 1. The van der Waals surface area contributed by atoms with E-state index in [1.807, 2.05) is 16.8 Å². The van der Waals surface area contributed by atoms with Crippen LogP contribution in [0.1, 0.15) is 30.5 Å². The van der Waals surface area contributed by atoms with E-state index in [9.17, 15) is 0 Å². The molecule has 1 aliphatic heterocycles. The number of rotatable bonds is 6. The summed E-state index contributed by atoms with van der Waals surface area (Å²) in [5.41, 5.74) is 5.90. The van der Waals surface area contributed by atoms with Crippen molar-refractivity contribution >= 4 is 5.65 Å². The van der Waals surface area contributed by atoms with Crippen molar-refractivity contribution < 1.29 is 9.47 Å². The van der Waals surface area contributed by atoms with Gasteiger partial charge in [0.1, 0.15) is 5.75 Å². The first-order valence-corrected chi connectivity index (χ1v) is 10.8. The van der Waals surface area contributed by atoms with Gasteiger partial charge >= 0.3 is 0 Å². The first-order chi connectivity index (χ1) is 14.4. The third kappa shape index (κ3) is 4.00. The Kier molecular flexibility index (Phi) is 5.45. The Labute approximate surface area is 171 Å². The fraction of sp³-hybridized carbons (Fsp3) is 0.478. The van der Waals surface area contributed by atoms with Gasteiger partial charge in [-0.05, 0) is 56.4 Å². The van der Waals surface area contributed by atoms with Gasteiger partial charge in [0.25, 0.3) is 0 Å². The lowest BCUT2D eigenvalue weighted by atomic mass is 9.92. The zero-order valence-corrected chi connectivity index (χ0v) is 16.8. The minimum Gasteiger partial charge on any atom is -0.494 e. The van der Waals surface area contributed by atoms with Crippen LogP contribution in [0.3, 0.4) is 0 Å². The Balaban J connectivity index is 1.28. The molecule has 6 nitrogen and oxygen atoms in total. The zero-order valence-electron chi connectivity index (χ0n) is 16.8. The number of aromatic nitrogens is 3. The van der Waals surface area contributed by atoms with E-state index in [1.165, 1.54) is 35.4 Å². The van der Waals surface area contributed by atoms with Crippen molar-refractivity contribution in [3.8, 4) is 17.0 Å². The SMILES string of the molecule is c1cc2nc3c(c(-c4ccc(OCCCN5CCOCC5)cc4)n2n1)CCCC3. The molecule has 0 atom stereocenters. The maximum Gasteiger partial charge on any atom is 0.155 e. The van der Waals surface area contributed by atoms with Crippen molar-refractivity contribution in [3.63, 3.8) is 0 Å². The Hall–Kier alpha value is -2.44. The van der Waals surface area contributed by atoms with Crippen LogP contribution in [0, 0.1) is 0 Å². The fourth-order valence-electron chi connectivity index (χ4n) is 4.40. The second kappa shape index (κ2) is 8.51. The third-order valence-electron chi connectivity index (χ3n) is 5.93. The molecule has 5 rings (SSSR count). The van der Waals surface area contributed by atoms with Gasteiger partial charge in [-0.1, -0.05) is 0 Å². The number of morpholine rings is 1. The molecule has 1 fully saturated rings. The van der Waals surface area contributed by atoms with Crippen LogP contribution < -0.4 is 4.74 Å². The Morgan fingerprint density at radius 2 is 1.83 bits per heavy atom. The Bertz CT molecular complexity index is 961. The molecule has 1 aliphatic carbocycles. The summed E-state index contributed by atoms with van der Waals surface area (Å²) < 4.78 is 13.4. The highest BCUT2D eigenvalue weighted by Gasteiger charge is 2.20. The second-order valence-corrected chi connectivity index (χ2v) is 7.87. The van der Waals surface area contributed by atoms with Gasteiger partial charge in [0.2, 0.25) is 0 Å². The van der Waals surface area contributed by atoms with Gasteiger partial charge in [-0.2, -0.15) is 5.10 Å². The minimum atomic E-state index is 0.741. The molecule has 3 aromatic rings. The van der Waals surface area contributed by atoms with E-state index in [1.54, 1.807) is 0 Å². The molecule has 6 heteroatoms. The maximum atomic E-state index is 5.98. The molecule has 1 saturated heterocycles. The van der Waals surface area contributed by atoms with Crippen LogP contribution in [-0.2, 0) is 17.6 Å². The summed E-state index contributed by atoms with van der Waals surface area (Å²) in [5, 5.41) is 4.54. The highest BCUT2D eigenvalue weighted by atomic mass is 16.5. The smallest absolute Gasteiger partial charge is 0.155 e. The lowest BCUT2D eigenvalue weighted by Gasteiger charge is -2.26. The van der Waals surface area contributed by atoms with Crippen LogP contribution in [-0.4, -0.2) is 59.0 Å². The minimum absolute atomic E-state index is 0.741. The monoisotopic (exact) mass is 392 g/mol. The van der Waals surface area contributed by atoms with Gasteiger partial charge in [0.15, 0.2) is 5.65 Å². The highest BCUT2D eigenvalue weighted by molar-refractivity contribution is 5.68. The summed E-state index contributed by atoms with van der Waals surface area (Å²) in [4.78, 5) is 7.27. The highest BCUT2D eigenvalue weighted by Crippen LogP contribution is 2.32. The van der Waals surface area contributed by atoms with E-state index in [0.717, 1.165) is 70.1 Å². The second-order valence-electron chi connectivity index (χ2n) is 7.87. The summed E-state index contributed by atoms with van der Waals surface area (Å²) in [7, 11) is 0. The van der Waals surface area contributed by atoms with Crippen molar-refractivity contribution in [1.82, 2.24) is 19.5 Å². The van der Waals surface area contributed by atoms with Crippen LogP contribution in [0.5, 0.6) is 5.75 Å². The van der Waals surface area contributed by atoms with E-state index < -0.39 is 0 Å². The van der Waals surface area contributed by atoms with Crippen molar-refractivity contribution in [2.75, 3.05) is 39.5 Å². The topological polar surface area (TPSA) is 51.9 Å². The van der Waals surface area contributed by atoms with Gasteiger partial charge in [-0.3, -0.25) is 4.90 Å². The molecule has 2 aliphatic rings. The summed E-state index contributed by atoms with van der Waals surface area (Å²) in [5.74, 6) is 0.926. The standard InChI is InChI=1S/C23H28N4O2/c1-2-5-21-20(4-1)23(27-22(25-21)10-11-24-27)18-6-8-19(9-7-18)29-15-3-12-26-13-16-28-17-14-26/h6-11H,1-5,12-17H2. The third-order valence-corrected chi connectivity index (χ3v) is 5.93. The number of hydrogen-bond acceptors (Lipinski definition) is 5. The lowest BCUT2D eigenvalue weighted by Crippen LogP contribution is -2.37. The molecular formula is C23H28N4O2. The first-order valence-electron chi connectivity index (χ1n) is 10.8. The first kappa shape index (κ1) is 18.6. The largest absolute Gasteiger partial charge is 0.494 e. The number of nitrogens with zero attached hydrogens (tertiary/aromatic N) is 4. The molecule has 29 heavy (non-hydrogen) atoms. The van der Waals surface area contributed by atoms with Gasteiger partial charge in [-0.15, -0.1) is 0 Å². The number of fused-ring (bicyclic) bond motifs is 2. The molecule has 0 radical (unpaired) electrons. The van der Waals surface area contributed by atoms with Gasteiger partial charge in [0.05, 0.1) is 31.7 Å². The van der Waals surface area contributed by atoms with Crippen molar-refractivity contribution in [1.29, 1.82) is 0 Å². The molecular weight excluding hydrogens is 364 g/mol.